The molecule has 0 bridgehead atoms. The average molecular weight is 497 g/mol. The van der Waals surface area contributed by atoms with Crippen LogP contribution in [0.1, 0.15) is 38.3 Å². The molecule has 0 saturated heterocycles. The van der Waals surface area contributed by atoms with Gasteiger partial charge >= 0.3 is 18.0 Å². The summed E-state index contributed by atoms with van der Waals surface area (Å²) in [7, 11) is 4.35. The number of anilines is 2. The zero-order valence-electron chi connectivity index (χ0n) is 21.1. The number of hydrogen-bond donors (Lipinski definition) is 3. The van der Waals surface area contributed by atoms with E-state index in [4.69, 9.17) is 14.2 Å². The summed E-state index contributed by atoms with van der Waals surface area (Å²) in [6.07, 6.45) is 1.71. The van der Waals surface area contributed by atoms with Gasteiger partial charge in [-0.1, -0.05) is 25.5 Å². The van der Waals surface area contributed by atoms with Crippen LogP contribution < -0.4 is 25.4 Å². The fraction of sp³-hybridized carbons (Fsp3) is 0.346. The molecule has 4 amide bonds. The summed E-state index contributed by atoms with van der Waals surface area (Å²) >= 11 is 0. The minimum atomic E-state index is -0.727. The van der Waals surface area contributed by atoms with Gasteiger partial charge in [-0.15, -0.1) is 0 Å². The Kier molecular flexibility index (Phi) is 8.77. The standard InChI is InChI=1S/C26H32N4O6/c1-6-7-13-30-16(2)22(24(31)36-5)23(29-26(30)33)17-9-8-10-18(14-17)27-25(32)28-20-12-11-19(34-3)15-21(20)35-4/h8-12,14-15,23H,6-7,13H2,1-5H3,(H,29,33)(H2,27,28,32)/t23-/m1/s1. The monoisotopic (exact) mass is 496 g/mol. The molecule has 0 saturated carbocycles. The van der Waals surface area contributed by atoms with E-state index in [1.807, 2.05) is 6.92 Å². The molecule has 1 atom stereocenters. The molecule has 1 aliphatic heterocycles. The molecular weight excluding hydrogens is 464 g/mol. The van der Waals surface area contributed by atoms with Crippen molar-refractivity contribution in [2.24, 2.45) is 0 Å². The van der Waals surface area contributed by atoms with E-state index < -0.39 is 18.0 Å². The molecule has 3 N–H and O–H groups in total. The predicted molar refractivity (Wildman–Crippen MR) is 136 cm³/mol. The van der Waals surface area contributed by atoms with Gasteiger partial charge in [-0.05, 0) is 43.2 Å². The Bertz CT molecular complexity index is 1160. The van der Waals surface area contributed by atoms with Crippen molar-refractivity contribution in [1.82, 2.24) is 10.2 Å². The van der Waals surface area contributed by atoms with Crippen molar-refractivity contribution in [3.63, 3.8) is 0 Å². The van der Waals surface area contributed by atoms with E-state index in [2.05, 4.69) is 16.0 Å². The zero-order chi connectivity index (χ0) is 26.2. The van der Waals surface area contributed by atoms with Crippen LogP contribution >= 0.6 is 0 Å². The lowest BCUT2D eigenvalue weighted by Crippen LogP contribution is -2.48. The van der Waals surface area contributed by atoms with Crippen LogP contribution in [0.2, 0.25) is 0 Å². The normalized spacial score (nSPS) is 15.2. The summed E-state index contributed by atoms with van der Waals surface area (Å²) in [6, 6.07) is 10.5. The quantitative estimate of drug-likeness (QED) is 0.435. The average Bonchev–Trinajstić information content (AvgIpc) is 2.88. The van der Waals surface area contributed by atoms with Gasteiger partial charge in [0, 0.05) is 24.0 Å². The number of urea groups is 2. The summed E-state index contributed by atoms with van der Waals surface area (Å²) < 4.78 is 15.5. The Morgan fingerprint density at radius 3 is 2.50 bits per heavy atom. The molecule has 0 aliphatic carbocycles. The number of unbranched alkanes of at least 4 members (excludes halogenated alkanes) is 1. The summed E-state index contributed by atoms with van der Waals surface area (Å²) in [6.45, 7) is 4.27. The van der Waals surface area contributed by atoms with Crippen LogP contribution in [0.15, 0.2) is 53.7 Å². The minimum Gasteiger partial charge on any atom is -0.497 e. The van der Waals surface area contributed by atoms with E-state index in [-0.39, 0.29) is 6.03 Å². The number of esters is 1. The number of ether oxygens (including phenoxy) is 3. The second-order valence-electron chi connectivity index (χ2n) is 8.15. The van der Waals surface area contributed by atoms with Crippen LogP contribution in [0.25, 0.3) is 0 Å². The molecule has 1 aliphatic rings. The Hall–Kier alpha value is -4.21. The van der Waals surface area contributed by atoms with E-state index in [9.17, 15) is 14.4 Å². The zero-order valence-corrected chi connectivity index (χ0v) is 21.1. The van der Waals surface area contributed by atoms with Gasteiger partial charge in [0.2, 0.25) is 0 Å². The molecular formula is C26H32N4O6. The van der Waals surface area contributed by atoms with Crippen molar-refractivity contribution in [2.45, 2.75) is 32.7 Å². The molecule has 0 aromatic heterocycles. The molecule has 0 unspecified atom stereocenters. The van der Waals surface area contributed by atoms with Crippen molar-refractivity contribution < 1.29 is 28.6 Å². The van der Waals surface area contributed by atoms with E-state index in [0.29, 0.717) is 46.3 Å². The molecule has 3 rings (SSSR count). The number of allylic oxidation sites excluding steroid dienone is 1. The van der Waals surface area contributed by atoms with Gasteiger partial charge < -0.3 is 30.2 Å². The third-order valence-corrected chi connectivity index (χ3v) is 5.87. The van der Waals surface area contributed by atoms with Crippen LogP contribution in [-0.4, -0.2) is 50.8 Å². The lowest BCUT2D eigenvalue weighted by Gasteiger charge is -2.35. The van der Waals surface area contributed by atoms with Crippen LogP contribution in [0, 0.1) is 0 Å². The van der Waals surface area contributed by atoms with Crippen molar-refractivity contribution in [1.29, 1.82) is 0 Å². The highest BCUT2D eigenvalue weighted by atomic mass is 16.5. The molecule has 2 aromatic rings. The maximum atomic E-state index is 12.9. The van der Waals surface area contributed by atoms with Gasteiger partial charge in [-0.25, -0.2) is 14.4 Å². The fourth-order valence-electron chi connectivity index (χ4n) is 3.97. The number of methoxy groups -OCH3 is 3. The van der Waals surface area contributed by atoms with Gasteiger partial charge in [0.25, 0.3) is 0 Å². The number of amides is 4. The van der Waals surface area contributed by atoms with Gasteiger partial charge in [-0.2, -0.15) is 0 Å². The first-order valence-electron chi connectivity index (χ1n) is 11.6. The van der Waals surface area contributed by atoms with Gasteiger partial charge in [0.05, 0.1) is 38.6 Å². The number of rotatable bonds is 9. The summed E-state index contributed by atoms with van der Waals surface area (Å²) in [5.41, 5.74) is 2.45. The first kappa shape index (κ1) is 26.4. The topological polar surface area (TPSA) is 118 Å². The van der Waals surface area contributed by atoms with Crippen LogP contribution in [0.4, 0.5) is 21.0 Å². The predicted octanol–water partition coefficient (Wildman–Crippen LogP) is 4.66. The highest BCUT2D eigenvalue weighted by Gasteiger charge is 2.36. The third-order valence-electron chi connectivity index (χ3n) is 5.87. The Labute approximate surface area is 210 Å². The Morgan fingerprint density at radius 1 is 1.06 bits per heavy atom. The van der Waals surface area contributed by atoms with Crippen LogP contribution in [0.5, 0.6) is 11.5 Å². The summed E-state index contributed by atoms with van der Waals surface area (Å²) in [4.78, 5) is 39.8. The Balaban J connectivity index is 1.84. The van der Waals surface area contributed by atoms with Crippen molar-refractivity contribution in [3.8, 4) is 11.5 Å². The number of carbonyl (C=O) groups is 3. The van der Waals surface area contributed by atoms with Gasteiger partial charge in [-0.3, -0.25) is 4.90 Å². The van der Waals surface area contributed by atoms with E-state index in [0.717, 1.165) is 12.8 Å². The van der Waals surface area contributed by atoms with Gasteiger partial charge in [0.1, 0.15) is 11.5 Å². The molecule has 0 fully saturated rings. The van der Waals surface area contributed by atoms with Crippen molar-refractivity contribution in [2.75, 3.05) is 38.5 Å². The molecule has 2 aromatic carbocycles. The van der Waals surface area contributed by atoms with Gasteiger partial charge in [0.15, 0.2) is 0 Å². The SMILES string of the molecule is CCCCN1C(=O)N[C@H](c2cccc(NC(=O)Nc3ccc(OC)cc3OC)c2)C(C(=O)OC)=C1C. The first-order chi connectivity index (χ1) is 17.3. The molecule has 10 nitrogen and oxygen atoms in total. The van der Waals surface area contributed by atoms with Crippen molar-refractivity contribution >= 4 is 29.4 Å². The number of hydrogen-bond acceptors (Lipinski definition) is 6. The van der Waals surface area contributed by atoms with E-state index >= 15 is 0 Å². The highest BCUT2D eigenvalue weighted by molar-refractivity contribution is 6.01. The lowest BCUT2D eigenvalue weighted by molar-refractivity contribution is -0.136. The summed E-state index contributed by atoms with van der Waals surface area (Å²) in [5, 5.41) is 8.43. The van der Waals surface area contributed by atoms with E-state index in [1.54, 1.807) is 61.4 Å². The second kappa shape index (κ2) is 12.0. The molecule has 192 valence electrons. The number of nitrogens with zero attached hydrogens (tertiary/aromatic N) is 1. The number of carbonyl (C=O) groups excluding carboxylic acids is 3. The first-order valence-corrected chi connectivity index (χ1v) is 11.6. The van der Waals surface area contributed by atoms with Crippen LogP contribution in [-0.2, 0) is 9.53 Å². The molecule has 10 heteroatoms. The fourth-order valence-corrected chi connectivity index (χ4v) is 3.97. The third kappa shape index (κ3) is 5.88. The second-order valence-corrected chi connectivity index (χ2v) is 8.15. The van der Waals surface area contributed by atoms with Crippen LogP contribution in [0.3, 0.4) is 0 Å². The molecule has 36 heavy (non-hydrogen) atoms. The smallest absolute Gasteiger partial charge is 0.337 e. The maximum absolute atomic E-state index is 12.9. The lowest BCUT2D eigenvalue weighted by atomic mass is 9.94. The largest absolute Gasteiger partial charge is 0.497 e. The maximum Gasteiger partial charge on any atom is 0.337 e. The molecule has 0 radical (unpaired) electrons. The minimum absolute atomic E-state index is 0.290. The molecule has 1 heterocycles. The summed E-state index contributed by atoms with van der Waals surface area (Å²) in [5.74, 6) is 0.513. The van der Waals surface area contributed by atoms with E-state index in [1.165, 1.54) is 14.2 Å². The van der Waals surface area contributed by atoms with Crippen molar-refractivity contribution in [3.05, 3.63) is 59.3 Å². The Morgan fingerprint density at radius 2 is 1.83 bits per heavy atom. The number of nitrogens with one attached hydrogen (secondary N) is 3. The highest BCUT2D eigenvalue weighted by Crippen LogP contribution is 2.33. The number of benzene rings is 2. The molecule has 0 spiro atoms.